The van der Waals surface area contributed by atoms with E-state index in [0.717, 1.165) is 0 Å². The summed E-state index contributed by atoms with van der Waals surface area (Å²) in [6.45, 7) is 0. The zero-order valence-corrected chi connectivity index (χ0v) is 11.3. The Morgan fingerprint density at radius 2 is 0.727 bits per heavy atom. The third kappa shape index (κ3) is 3.99. The molecule has 128 valence electrons. The summed E-state index contributed by atoms with van der Waals surface area (Å²) in [4.78, 5) is 0. The number of alkyl halides is 10. The first-order valence-electron chi connectivity index (χ1n) is 3.83. The molecule has 0 fully saturated rings. The van der Waals surface area contributed by atoms with Gasteiger partial charge in [-0.15, -0.1) is 0 Å². The first kappa shape index (κ1) is 24.0. The van der Waals surface area contributed by atoms with Crippen molar-refractivity contribution in [2.75, 3.05) is 0 Å². The number of hydrogen-bond acceptors (Lipinski definition) is 4. The van der Waals surface area contributed by atoms with Crippen molar-refractivity contribution >= 4 is 20.0 Å². The van der Waals surface area contributed by atoms with E-state index in [4.69, 9.17) is 0 Å². The first-order valence-corrected chi connectivity index (χ1v) is 6.71. The molecule has 0 aliphatic carbocycles. The molecule has 0 aliphatic rings. The molecule has 0 heterocycles. The second-order valence-corrected chi connectivity index (χ2v) is 6.58. The monoisotopic (exact) mass is 387 g/mol. The van der Waals surface area contributed by atoms with Crippen LogP contribution in [0.5, 0.6) is 0 Å². The van der Waals surface area contributed by atoms with Crippen LogP contribution >= 0.6 is 0 Å². The molecule has 0 rings (SSSR count). The molecule has 0 bridgehead atoms. The fraction of sp³-hybridized carbons (Fsp3) is 1.00. The molecule has 0 aromatic rings. The Bertz CT molecular complexity index is 550. The molecular formula is C4F10LiNO4S2. The Kier molecular flexibility index (Phi) is 6.55. The van der Waals surface area contributed by atoms with E-state index < -0.39 is 42.9 Å². The molecule has 0 aromatic heterocycles. The Labute approximate surface area is 127 Å². The van der Waals surface area contributed by atoms with Gasteiger partial charge in [0.2, 0.25) is 0 Å². The summed E-state index contributed by atoms with van der Waals surface area (Å²) in [5.41, 5.74) is 0. The van der Waals surface area contributed by atoms with E-state index in [9.17, 15) is 60.7 Å². The molecule has 0 aliphatic heterocycles. The molecule has 0 saturated carbocycles. The number of nitrogens with zero attached hydrogens (tertiary/aromatic N) is 1. The Balaban J connectivity index is 0. The summed E-state index contributed by atoms with van der Waals surface area (Å²) < 4.78 is 161. The van der Waals surface area contributed by atoms with E-state index in [2.05, 4.69) is 0 Å². The summed E-state index contributed by atoms with van der Waals surface area (Å²) in [7, 11) is -15.2. The van der Waals surface area contributed by atoms with Crippen molar-refractivity contribution in [3.8, 4) is 0 Å². The third-order valence-electron chi connectivity index (χ3n) is 1.50. The molecule has 0 spiro atoms. The minimum Gasteiger partial charge on any atom is -0.425 e. The van der Waals surface area contributed by atoms with Gasteiger partial charge in [0.05, 0.1) is 0 Å². The second-order valence-electron chi connectivity index (χ2n) is 3.05. The van der Waals surface area contributed by atoms with Gasteiger partial charge < -0.3 is 4.13 Å². The molecule has 0 unspecified atom stereocenters. The average molecular weight is 387 g/mol. The van der Waals surface area contributed by atoms with Crippen LogP contribution in [0, 0.1) is 0 Å². The third-order valence-corrected chi connectivity index (χ3v) is 4.83. The van der Waals surface area contributed by atoms with E-state index in [0.29, 0.717) is 4.13 Å². The van der Waals surface area contributed by atoms with Crippen molar-refractivity contribution in [1.29, 1.82) is 0 Å². The largest absolute Gasteiger partial charge is 1.00 e. The van der Waals surface area contributed by atoms with Crippen LogP contribution < -0.4 is 18.9 Å². The number of hydrogen-bond donors (Lipinski definition) is 0. The van der Waals surface area contributed by atoms with Crippen LogP contribution in [-0.2, 0) is 20.0 Å². The van der Waals surface area contributed by atoms with Gasteiger partial charge in [0, 0.05) is 0 Å². The predicted octanol–water partition coefficient (Wildman–Crippen LogP) is -0.666. The molecule has 0 saturated heterocycles. The predicted molar refractivity (Wildman–Crippen MR) is 43.2 cm³/mol. The van der Waals surface area contributed by atoms with Gasteiger partial charge >= 0.3 is 41.7 Å². The van der Waals surface area contributed by atoms with Crippen molar-refractivity contribution in [3.05, 3.63) is 4.13 Å². The minimum atomic E-state index is -7.62. The van der Waals surface area contributed by atoms with Gasteiger partial charge in [0.1, 0.15) is 0 Å². The van der Waals surface area contributed by atoms with Crippen LogP contribution in [0.3, 0.4) is 0 Å². The Hall–Kier alpha value is -0.243. The van der Waals surface area contributed by atoms with Crippen LogP contribution in [0.1, 0.15) is 0 Å². The van der Waals surface area contributed by atoms with E-state index in [1.165, 1.54) is 0 Å². The molecule has 22 heavy (non-hydrogen) atoms. The number of halogens is 10. The van der Waals surface area contributed by atoms with E-state index in [-0.39, 0.29) is 18.9 Å². The zero-order valence-electron chi connectivity index (χ0n) is 9.68. The van der Waals surface area contributed by atoms with Crippen molar-refractivity contribution in [2.45, 2.75) is 22.9 Å². The van der Waals surface area contributed by atoms with Crippen LogP contribution in [0.4, 0.5) is 43.9 Å². The van der Waals surface area contributed by atoms with Gasteiger partial charge in [-0.1, -0.05) is 0 Å². The van der Waals surface area contributed by atoms with E-state index in [1.807, 2.05) is 0 Å². The van der Waals surface area contributed by atoms with Crippen LogP contribution in [0.15, 0.2) is 0 Å². The molecule has 18 heteroatoms. The normalized spacial score (nSPS) is 15.4. The fourth-order valence-electron chi connectivity index (χ4n) is 0.515. The smallest absolute Gasteiger partial charge is 0.425 e. The number of rotatable bonds is 4. The average Bonchev–Trinajstić information content (AvgIpc) is 2.11. The van der Waals surface area contributed by atoms with Gasteiger partial charge in [-0.05, 0) is 0 Å². The van der Waals surface area contributed by atoms with Crippen molar-refractivity contribution in [3.63, 3.8) is 0 Å². The van der Waals surface area contributed by atoms with E-state index >= 15 is 0 Å². The maximum absolute atomic E-state index is 12.3. The van der Waals surface area contributed by atoms with Crippen LogP contribution in [-0.4, -0.2) is 39.7 Å². The number of sulfonamides is 2. The van der Waals surface area contributed by atoms with Gasteiger partial charge in [-0.2, -0.15) is 43.9 Å². The summed E-state index contributed by atoms with van der Waals surface area (Å²) in [6, 6.07) is 0. The first-order chi connectivity index (χ1) is 8.71. The fourth-order valence-corrected chi connectivity index (χ4v) is 2.88. The molecule has 0 aromatic carbocycles. The van der Waals surface area contributed by atoms with Crippen molar-refractivity contribution < 1.29 is 79.6 Å². The van der Waals surface area contributed by atoms with Crippen LogP contribution in [0.25, 0.3) is 4.13 Å². The SMILES string of the molecule is O=S(=O)([N-]S(=O)(=O)C(F)(F)C(F)(F)F)C(F)(F)C(F)(F)F.[Li+]. The Morgan fingerprint density at radius 3 is 0.864 bits per heavy atom. The molecule has 0 amide bonds. The molecule has 0 radical (unpaired) electrons. The van der Waals surface area contributed by atoms with Gasteiger partial charge in [0.15, 0.2) is 20.0 Å². The van der Waals surface area contributed by atoms with Gasteiger partial charge in [0.25, 0.3) is 0 Å². The summed E-state index contributed by atoms with van der Waals surface area (Å²) in [6.07, 6.45) is -14.0. The second kappa shape index (κ2) is 6.00. The topological polar surface area (TPSA) is 82.4 Å². The van der Waals surface area contributed by atoms with Crippen molar-refractivity contribution in [1.82, 2.24) is 0 Å². The molecule has 0 atom stereocenters. The standard InChI is InChI=1S/C4F10NO4S2.Li/c5-1(6,7)3(11,12)20(16,17)15-21(18,19)4(13,14)2(8,9)10;/q-1;+1. The molecular weight excluding hydrogens is 387 g/mol. The summed E-state index contributed by atoms with van der Waals surface area (Å²) in [5, 5.41) is -14.0. The maximum Gasteiger partial charge on any atom is 1.00 e. The van der Waals surface area contributed by atoms with Gasteiger partial charge in [-0.25, -0.2) is 16.8 Å². The molecule has 5 nitrogen and oxygen atoms in total. The summed E-state index contributed by atoms with van der Waals surface area (Å²) >= 11 is 0. The molecule has 0 N–H and O–H groups in total. The summed E-state index contributed by atoms with van der Waals surface area (Å²) in [5.74, 6) is 0. The Morgan fingerprint density at radius 1 is 0.545 bits per heavy atom. The zero-order chi connectivity index (χ0) is 17.7. The maximum atomic E-state index is 12.3. The van der Waals surface area contributed by atoms with E-state index in [1.54, 1.807) is 0 Å². The quantitative estimate of drug-likeness (QED) is 0.474. The van der Waals surface area contributed by atoms with Crippen LogP contribution in [0.2, 0.25) is 0 Å². The van der Waals surface area contributed by atoms with Gasteiger partial charge in [-0.3, -0.25) is 0 Å². The van der Waals surface area contributed by atoms with Crippen molar-refractivity contribution in [2.24, 2.45) is 0 Å². The minimum absolute atomic E-state index is 0.